The second-order valence-corrected chi connectivity index (χ2v) is 4.66. The second-order valence-electron chi connectivity index (χ2n) is 3.75. The third kappa shape index (κ3) is 2.40. The first-order valence-corrected chi connectivity index (χ1v) is 5.94. The number of hydrogen-bond acceptors (Lipinski definition) is 4. The minimum atomic E-state index is -1.03. The van der Waals surface area contributed by atoms with Gasteiger partial charge in [-0.05, 0) is 18.2 Å². The number of rotatable bonds is 1. The number of likely N-dealkylation sites (N-methyl/N-ethyl adjacent to an activating group) is 1. The molecule has 0 aliphatic carbocycles. The van der Waals surface area contributed by atoms with Crippen molar-refractivity contribution in [2.45, 2.75) is 6.10 Å². The number of ether oxygens (including phenoxy) is 2. The van der Waals surface area contributed by atoms with Gasteiger partial charge in [0.05, 0.1) is 5.69 Å². The first-order chi connectivity index (χ1) is 8.49. The summed E-state index contributed by atoms with van der Waals surface area (Å²) in [7, 11) is 1.58. The number of carbonyl (C=O) groups excluding carboxylic acids is 2. The highest BCUT2D eigenvalue weighted by molar-refractivity contribution is 9.10. The molecule has 0 saturated heterocycles. The van der Waals surface area contributed by atoms with E-state index in [0.717, 1.165) is 4.47 Å². The first-order valence-electron chi connectivity index (χ1n) is 5.15. The molecule has 7 heteroatoms. The van der Waals surface area contributed by atoms with E-state index in [-0.39, 0.29) is 12.5 Å². The molecule has 0 fully saturated rings. The lowest BCUT2D eigenvalue weighted by Gasteiger charge is -2.19. The Kier molecular flexibility index (Phi) is 3.42. The van der Waals surface area contributed by atoms with Gasteiger partial charge in [0, 0.05) is 11.5 Å². The van der Waals surface area contributed by atoms with Crippen LogP contribution in [-0.4, -0.2) is 31.8 Å². The fourth-order valence-electron chi connectivity index (χ4n) is 1.67. The van der Waals surface area contributed by atoms with Crippen LogP contribution in [0, 0.1) is 0 Å². The topological polar surface area (TPSA) is 81.9 Å². The lowest BCUT2D eigenvalue weighted by Crippen LogP contribution is -2.41. The molecule has 1 unspecified atom stereocenters. The number of primary amides is 1. The Hall–Kier alpha value is -1.76. The molecule has 96 valence electrons. The maximum absolute atomic E-state index is 12.1. The van der Waals surface area contributed by atoms with E-state index in [2.05, 4.69) is 15.9 Å². The quantitative estimate of drug-likeness (QED) is 0.846. The third-order valence-electron chi connectivity index (χ3n) is 2.54. The van der Waals surface area contributed by atoms with E-state index >= 15 is 0 Å². The average molecular weight is 315 g/mol. The number of amides is 2. The van der Waals surface area contributed by atoms with E-state index < -0.39 is 12.2 Å². The van der Waals surface area contributed by atoms with Crippen LogP contribution in [0.25, 0.3) is 0 Å². The van der Waals surface area contributed by atoms with Crippen molar-refractivity contribution in [1.82, 2.24) is 0 Å². The van der Waals surface area contributed by atoms with E-state index in [1.165, 1.54) is 4.90 Å². The minimum absolute atomic E-state index is 0.0548. The molecule has 1 aliphatic rings. The Morgan fingerprint density at radius 2 is 2.33 bits per heavy atom. The maximum atomic E-state index is 12.1. The van der Waals surface area contributed by atoms with E-state index in [0.29, 0.717) is 11.4 Å². The van der Waals surface area contributed by atoms with Crippen LogP contribution in [0.2, 0.25) is 0 Å². The van der Waals surface area contributed by atoms with Gasteiger partial charge in [0.2, 0.25) is 6.10 Å². The summed E-state index contributed by atoms with van der Waals surface area (Å²) in [6.45, 7) is -0.0548. The molecule has 2 N–H and O–H groups in total. The molecule has 1 aliphatic heterocycles. The van der Waals surface area contributed by atoms with Crippen LogP contribution in [0.1, 0.15) is 0 Å². The van der Waals surface area contributed by atoms with Crippen molar-refractivity contribution in [2.75, 3.05) is 18.6 Å². The predicted molar refractivity (Wildman–Crippen MR) is 67.5 cm³/mol. The van der Waals surface area contributed by atoms with Crippen molar-refractivity contribution >= 4 is 33.6 Å². The van der Waals surface area contributed by atoms with Crippen molar-refractivity contribution in [2.24, 2.45) is 5.73 Å². The molecule has 1 aromatic carbocycles. The zero-order valence-electron chi connectivity index (χ0n) is 9.55. The average Bonchev–Trinajstić information content (AvgIpc) is 2.42. The Morgan fingerprint density at radius 3 is 3.00 bits per heavy atom. The van der Waals surface area contributed by atoms with E-state index in [1.807, 2.05) is 0 Å². The number of nitrogens with two attached hydrogens (primary N) is 1. The molecule has 0 radical (unpaired) electrons. The van der Waals surface area contributed by atoms with Crippen LogP contribution in [0.5, 0.6) is 5.75 Å². The van der Waals surface area contributed by atoms with Gasteiger partial charge in [0.25, 0.3) is 5.91 Å². The van der Waals surface area contributed by atoms with Gasteiger partial charge < -0.3 is 20.1 Å². The SMILES string of the molecule is CN1C(=O)C(OC(N)=O)COc2ccc(Br)cc21. The zero-order valence-corrected chi connectivity index (χ0v) is 11.1. The van der Waals surface area contributed by atoms with Gasteiger partial charge in [-0.1, -0.05) is 15.9 Å². The summed E-state index contributed by atoms with van der Waals surface area (Å²) in [6, 6.07) is 5.28. The smallest absolute Gasteiger partial charge is 0.405 e. The van der Waals surface area contributed by atoms with Gasteiger partial charge in [-0.3, -0.25) is 4.79 Å². The number of fused-ring (bicyclic) bond motifs is 1. The summed E-state index contributed by atoms with van der Waals surface area (Å²) in [6.07, 6.45) is -2.03. The van der Waals surface area contributed by atoms with E-state index in [1.54, 1.807) is 25.2 Å². The molecular weight excluding hydrogens is 304 g/mol. The molecule has 0 bridgehead atoms. The summed E-state index contributed by atoms with van der Waals surface area (Å²) in [5.41, 5.74) is 5.52. The molecule has 0 aromatic heterocycles. The van der Waals surface area contributed by atoms with Crippen molar-refractivity contribution in [3.05, 3.63) is 22.7 Å². The van der Waals surface area contributed by atoms with Gasteiger partial charge in [-0.2, -0.15) is 0 Å². The molecule has 0 spiro atoms. The molecule has 0 saturated carbocycles. The van der Waals surface area contributed by atoms with E-state index in [9.17, 15) is 9.59 Å². The molecule has 18 heavy (non-hydrogen) atoms. The molecule has 6 nitrogen and oxygen atoms in total. The fourth-order valence-corrected chi connectivity index (χ4v) is 2.02. The first kappa shape index (κ1) is 12.7. The number of anilines is 1. The highest BCUT2D eigenvalue weighted by atomic mass is 79.9. The highest BCUT2D eigenvalue weighted by Crippen LogP contribution is 2.33. The Labute approximate surface area is 112 Å². The molecular formula is C11H11BrN2O4. The van der Waals surface area contributed by atoms with Crippen molar-refractivity contribution in [1.29, 1.82) is 0 Å². The number of carbonyl (C=O) groups is 2. The third-order valence-corrected chi connectivity index (χ3v) is 3.03. The highest BCUT2D eigenvalue weighted by Gasteiger charge is 2.31. The van der Waals surface area contributed by atoms with Crippen LogP contribution in [0.15, 0.2) is 22.7 Å². The zero-order chi connectivity index (χ0) is 13.3. The van der Waals surface area contributed by atoms with Gasteiger partial charge in [0.15, 0.2) is 0 Å². The van der Waals surface area contributed by atoms with Crippen LogP contribution >= 0.6 is 15.9 Å². The fraction of sp³-hybridized carbons (Fsp3) is 0.273. The van der Waals surface area contributed by atoms with Crippen molar-refractivity contribution < 1.29 is 19.1 Å². The summed E-state index contributed by atoms with van der Waals surface area (Å²) in [5.74, 6) is 0.162. The van der Waals surface area contributed by atoms with Gasteiger partial charge in [-0.15, -0.1) is 0 Å². The van der Waals surface area contributed by atoms with Crippen LogP contribution in [-0.2, 0) is 9.53 Å². The molecule has 1 atom stereocenters. The van der Waals surface area contributed by atoms with Gasteiger partial charge >= 0.3 is 6.09 Å². The summed E-state index contributed by atoms with van der Waals surface area (Å²) < 4.78 is 11.0. The second kappa shape index (κ2) is 4.85. The molecule has 2 rings (SSSR count). The maximum Gasteiger partial charge on any atom is 0.405 e. The Bertz CT molecular complexity index is 506. The number of hydrogen-bond donors (Lipinski definition) is 1. The Balaban J connectivity index is 2.33. The number of nitrogens with zero attached hydrogens (tertiary/aromatic N) is 1. The monoisotopic (exact) mass is 314 g/mol. The van der Waals surface area contributed by atoms with Crippen LogP contribution < -0.4 is 15.4 Å². The lowest BCUT2D eigenvalue weighted by molar-refractivity contribution is -0.127. The van der Waals surface area contributed by atoms with E-state index in [4.69, 9.17) is 15.2 Å². The van der Waals surface area contributed by atoms with Crippen molar-refractivity contribution in [3.63, 3.8) is 0 Å². The van der Waals surface area contributed by atoms with Crippen LogP contribution in [0.3, 0.4) is 0 Å². The summed E-state index contributed by atoms with van der Waals surface area (Å²) in [4.78, 5) is 24.2. The number of halogens is 1. The largest absolute Gasteiger partial charge is 0.487 e. The summed E-state index contributed by atoms with van der Waals surface area (Å²) >= 11 is 3.32. The number of benzene rings is 1. The Morgan fingerprint density at radius 1 is 1.61 bits per heavy atom. The van der Waals surface area contributed by atoms with Gasteiger partial charge in [-0.25, -0.2) is 4.79 Å². The lowest BCUT2D eigenvalue weighted by atomic mass is 10.2. The molecule has 1 aromatic rings. The predicted octanol–water partition coefficient (Wildman–Crippen LogP) is 1.27. The normalized spacial score (nSPS) is 18.7. The standard InChI is InChI=1S/C11H11BrN2O4/c1-14-7-4-6(12)2-3-8(7)17-5-9(10(14)15)18-11(13)16/h2-4,9H,5H2,1H3,(H2,13,16). The van der Waals surface area contributed by atoms with Crippen LogP contribution in [0.4, 0.5) is 10.5 Å². The molecule has 2 amide bonds. The van der Waals surface area contributed by atoms with Gasteiger partial charge in [0.1, 0.15) is 12.4 Å². The summed E-state index contributed by atoms with van der Waals surface area (Å²) in [5, 5.41) is 0. The minimum Gasteiger partial charge on any atom is -0.487 e. The molecule has 1 heterocycles. The van der Waals surface area contributed by atoms with Crippen molar-refractivity contribution in [3.8, 4) is 5.75 Å².